The van der Waals surface area contributed by atoms with Gasteiger partial charge in [-0.05, 0) is 30.4 Å². The van der Waals surface area contributed by atoms with E-state index in [0.717, 1.165) is 28.9 Å². The summed E-state index contributed by atoms with van der Waals surface area (Å²) in [6.45, 7) is -0.119. The third kappa shape index (κ3) is 2.35. The van der Waals surface area contributed by atoms with Gasteiger partial charge in [0.15, 0.2) is 0 Å². The monoisotopic (exact) mass is 351 g/mol. The second-order valence-electron chi connectivity index (χ2n) is 6.62. The van der Waals surface area contributed by atoms with Crippen molar-refractivity contribution >= 4 is 17.6 Å². The highest BCUT2D eigenvalue weighted by atomic mass is 16.6. The van der Waals surface area contributed by atoms with Crippen LogP contribution < -0.4 is 5.32 Å². The number of nitrogens with zero attached hydrogens (tertiary/aromatic N) is 2. The van der Waals surface area contributed by atoms with E-state index in [1.54, 1.807) is 18.2 Å². The van der Waals surface area contributed by atoms with Crippen LogP contribution in [0.2, 0.25) is 0 Å². The number of para-hydroxylation sites is 1. The molecule has 0 bridgehead atoms. The van der Waals surface area contributed by atoms with Crippen molar-refractivity contribution in [2.75, 3.05) is 0 Å². The minimum Gasteiger partial charge on any atom is -0.319 e. The van der Waals surface area contributed by atoms with Crippen molar-refractivity contribution in [3.63, 3.8) is 0 Å². The number of fused-ring (bicyclic) bond motifs is 2. The van der Waals surface area contributed by atoms with E-state index in [9.17, 15) is 19.7 Å². The molecule has 1 atom stereocenters. The predicted octanol–water partition coefficient (Wildman–Crippen LogP) is 2.88. The first-order chi connectivity index (χ1) is 12.5. The lowest BCUT2D eigenvalue weighted by Gasteiger charge is -2.33. The van der Waals surface area contributed by atoms with Crippen LogP contribution in [0.15, 0.2) is 48.5 Å². The number of benzene rings is 2. The smallest absolute Gasteiger partial charge is 0.319 e. The maximum Gasteiger partial charge on any atom is 0.325 e. The summed E-state index contributed by atoms with van der Waals surface area (Å²) in [5, 5.41) is 14.1. The predicted molar refractivity (Wildman–Crippen MR) is 93.2 cm³/mol. The van der Waals surface area contributed by atoms with Gasteiger partial charge in [0.2, 0.25) is 0 Å². The Morgan fingerprint density at radius 2 is 1.85 bits per heavy atom. The zero-order valence-electron chi connectivity index (χ0n) is 14.0. The van der Waals surface area contributed by atoms with Crippen LogP contribution in [0.3, 0.4) is 0 Å². The molecule has 1 fully saturated rings. The van der Waals surface area contributed by atoms with E-state index in [1.165, 1.54) is 6.07 Å². The summed E-state index contributed by atoms with van der Waals surface area (Å²) < 4.78 is 0. The van der Waals surface area contributed by atoms with Gasteiger partial charge in [0.25, 0.3) is 11.6 Å². The first kappa shape index (κ1) is 16.3. The van der Waals surface area contributed by atoms with Crippen LogP contribution in [-0.4, -0.2) is 21.8 Å². The fraction of sp³-hybridized carbons (Fsp3) is 0.263. The minimum absolute atomic E-state index is 0.0990. The van der Waals surface area contributed by atoms with Crippen molar-refractivity contribution in [3.8, 4) is 0 Å². The molecular weight excluding hydrogens is 334 g/mol. The summed E-state index contributed by atoms with van der Waals surface area (Å²) in [5.41, 5.74) is 1.06. The maximum absolute atomic E-state index is 13.2. The van der Waals surface area contributed by atoms with Crippen LogP contribution in [-0.2, 0) is 23.3 Å². The summed E-state index contributed by atoms with van der Waals surface area (Å²) in [5.74, 6) is -0.340. The fourth-order valence-electron chi connectivity index (χ4n) is 3.95. The molecule has 0 unspecified atom stereocenters. The van der Waals surface area contributed by atoms with Crippen molar-refractivity contribution in [2.24, 2.45) is 0 Å². The lowest BCUT2D eigenvalue weighted by molar-refractivity contribution is -0.385. The molecule has 1 N–H and O–H groups in total. The van der Waals surface area contributed by atoms with Crippen LogP contribution in [0, 0.1) is 10.1 Å². The van der Waals surface area contributed by atoms with Crippen LogP contribution in [0.5, 0.6) is 0 Å². The van der Waals surface area contributed by atoms with Crippen molar-refractivity contribution in [3.05, 3.63) is 75.3 Å². The lowest BCUT2D eigenvalue weighted by Crippen LogP contribution is -2.46. The van der Waals surface area contributed by atoms with E-state index in [4.69, 9.17) is 0 Å². The molecule has 0 aromatic heterocycles. The normalized spacial score (nSPS) is 21.6. The summed E-state index contributed by atoms with van der Waals surface area (Å²) in [6, 6.07) is 13.3. The molecule has 1 spiro atoms. The molecule has 2 aromatic rings. The van der Waals surface area contributed by atoms with Crippen molar-refractivity contribution in [1.29, 1.82) is 0 Å². The van der Waals surface area contributed by atoms with E-state index in [1.807, 2.05) is 24.3 Å². The molecule has 1 aliphatic carbocycles. The molecule has 4 rings (SSSR count). The van der Waals surface area contributed by atoms with Gasteiger partial charge in [-0.15, -0.1) is 0 Å². The first-order valence-electron chi connectivity index (χ1n) is 8.48. The van der Waals surface area contributed by atoms with Gasteiger partial charge in [0.1, 0.15) is 5.54 Å². The zero-order chi connectivity index (χ0) is 18.3. The second kappa shape index (κ2) is 5.94. The quantitative estimate of drug-likeness (QED) is 0.523. The first-order valence-corrected chi connectivity index (χ1v) is 8.48. The number of nitrogens with one attached hydrogen (secondary N) is 1. The van der Waals surface area contributed by atoms with E-state index in [0.29, 0.717) is 12.0 Å². The maximum atomic E-state index is 13.2. The molecule has 132 valence electrons. The van der Waals surface area contributed by atoms with Gasteiger partial charge < -0.3 is 5.32 Å². The minimum atomic E-state index is -1.06. The molecule has 1 heterocycles. The van der Waals surface area contributed by atoms with E-state index in [2.05, 4.69) is 5.32 Å². The zero-order valence-corrected chi connectivity index (χ0v) is 14.0. The Labute approximate surface area is 149 Å². The molecule has 1 saturated heterocycles. The van der Waals surface area contributed by atoms with Gasteiger partial charge in [0.05, 0.1) is 11.5 Å². The van der Waals surface area contributed by atoms with Gasteiger partial charge in [0, 0.05) is 11.6 Å². The Morgan fingerprint density at radius 3 is 2.65 bits per heavy atom. The third-order valence-electron chi connectivity index (χ3n) is 5.17. The topological polar surface area (TPSA) is 92.6 Å². The molecule has 0 saturated carbocycles. The molecule has 26 heavy (non-hydrogen) atoms. The number of carbonyl (C=O) groups is 2. The summed E-state index contributed by atoms with van der Waals surface area (Å²) in [6.07, 6.45) is 2.19. The SMILES string of the molecule is O=C1N[C@]2(CCCc3ccccc32)C(=O)N1Cc1ccccc1[N+](=O)[O-]. The molecule has 3 amide bonds. The molecular formula is C19H17N3O4. The number of hydrogen-bond acceptors (Lipinski definition) is 4. The number of nitro groups is 1. The van der Waals surface area contributed by atoms with Gasteiger partial charge in [-0.1, -0.05) is 42.5 Å². The highest BCUT2D eigenvalue weighted by Crippen LogP contribution is 2.40. The molecule has 2 aliphatic rings. The number of carbonyl (C=O) groups excluding carboxylic acids is 2. The van der Waals surface area contributed by atoms with Crippen LogP contribution >= 0.6 is 0 Å². The van der Waals surface area contributed by atoms with E-state index >= 15 is 0 Å². The Hall–Kier alpha value is -3.22. The van der Waals surface area contributed by atoms with Crippen molar-refractivity contribution in [2.45, 2.75) is 31.3 Å². The second-order valence-corrected chi connectivity index (χ2v) is 6.62. The Kier molecular flexibility index (Phi) is 3.72. The average Bonchev–Trinajstić information content (AvgIpc) is 2.87. The average molecular weight is 351 g/mol. The van der Waals surface area contributed by atoms with E-state index in [-0.39, 0.29) is 18.1 Å². The van der Waals surface area contributed by atoms with Crippen molar-refractivity contribution in [1.82, 2.24) is 10.2 Å². The standard InChI is InChI=1S/C19H17N3O4/c23-17-19(11-5-8-13-6-1-3-9-15(13)19)20-18(24)21(17)12-14-7-2-4-10-16(14)22(25)26/h1-4,6-7,9-10H,5,8,11-12H2,(H,20,24)/t19-/m0/s1. The number of imide groups is 1. The highest BCUT2D eigenvalue weighted by Gasteiger charge is 2.53. The molecule has 2 aromatic carbocycles. The molecule has 1 aliphatic heterocycles. The summed E-state index contributed by atoms with van der Waals surface area (Å²) >= 11 is 0. The van der Waals surface area contributed by atoms with Crippen LogP contribution in [0.4, 0.5) is 10.5 Å². The number of amides is 3. The number of aryl methyl sites for hydroxylation is 1. The Balaban J connectivity index is 1.71. The molecule has 7 nitrogen and oxygen atoms in total. The van der Waals surface area contributed by atoms with Crippen LogP contribution in [0.1, 0.15) is 29.5 Å². The highest BCUT2D eigenvalue weighted by molar-refractivity contribution is 6.07. The summed E-state index contributed by atoms with van der Waals surface area (Å²) in [4.78, 5) is 37.6. The Morgan fingerprint density at radius 1 is 1.12 bits per heavy atom. The Bertz CT molecular complexity index is 927. The number of nitro benzene ring substituents is 1. The van der Waals surface area contributed by atoms with Crippen molar-refractivity contribution < 1.29 is 14.5 Å². The lowest BCUT2D eigenvalue weighted by atomic mass is 9.76. The van der Waals surface area contributed by atoms with Gasteiger partial charge in [-0.25, -0.2) is 4.79 Å². The summed E-state index contributed by atoms with van der Waals surface area (Å²) in [7, 11) is 0. The number of urea groups is 1. The van der Waals surface area contributed by atoms with Gasteiger partial charge >= 0.3 is 6.03 Å². The van der Waals surface area contributed by atoms with E-state index < -0.39 is 16.5 Å². The molecule has 7 heteroatoms. The van der Waals surface area contributed by atoms with Gasteiger partial charge in [-0.3, -0.25) is 19.8 Å². The van der Waals surface area contributed by atoms with Crippen LogP contribution in [0.25, 0.3) is 0 Å². The number of hydrogen-bond donors (Lipinski definition) is 1. The third-order valence-corrected chi connectivity index (χ3v) is 5.17. The largest absolute Gasteiger partial charge is 0.325 e. The number of rotatable bonds is 3. The fourth-order valence-corrected chi connectivity index (χ4v) is 3.95. The molecule has 0 radical (unpaired) electrons. The van der Waals surface area contributed by atoms with Gasteiger partial charge in [-0.2, -0.15) is 0 Å².